The van der Waals surface area contributed by atoms with Crippen molar-refractivity contribution in [2.75, 3.05) is 13.7 Å². The average molecular weight is 264 g/mol. The third kappa shape index (κ3) is 2.53. The van der Waals surface area contributed by atoms with Crippen molar-refractivity contribution in [1.29, 1.82) is 0 Å². The standard InChI is InChI=1S/C13H16N2O2S/c1-17-11-5-7-18-13(11)12(16)9(8-14)10-4-2-3-6-15-10/h2-7,9,12,16H,8,14H2,1H3. The van der Waals surface area contributed by atoms with Gasteiger partial charge in [-0.1, -0.05) is 6.07 Å². The van der Waals surface area contributed by atoms with Gasteiger partial charge in [-0.05, 0) is 23.6 Å². The maximum atomic E-state index is 10.4. The maximum absolute atomic E-state index is 10.4. The first kappa shape index (κ1) is 13.0. The molecule has 2 unspecified atom stereocenters. The lowest BCUT2D eigenvalue weighted by Crippen LogP contribution is -2.20. The summed E-state index contributed by atoms with van der Waals surface area (Å²) in [5, 5.41) is 12.3. The first-order chi connectivity index (χ1) is 8.77. The van der Waals surface area contributed by atoms with E-state index >= 15 is 0 Å². The van der Waals surface area contributed by atoms with Gasteiger partial charge in [0.2, 0.25) is 0 Å². The third-order valence-corrected chi connectivity index (χ3v) is 3.82. The smallest absolute Gasteiger partial charge is 0.135 e. The lowest BCUT2D eigenvalue weighted by Gasteiger charge is -2.20. The van der Waals surface area contributed by atoms with E-state index in [4.69, 9.17) is 10.5 Å². The molecule has 0 bridgehead atoms. The number of pyridine rings is 1. The Hall–Kier alpha value is -1.43. The van der Waals surface area contributed by atoms with Crippen LogP contribution in [0.15, 0.2) is 35.8 Å². The Bertz CT molecular complexity index is 487. The molecule has 0 amide bonds. The Balaban J connectivity index is 2.28. The van der Waals surface area contributed by atoms with Gasteiger partial charge in [-0.2, -0.15) is 0 Å². The number of hydrogen-bond acceptors (Lipinski definition) is 5. The van der Waals surface area contributed by atoms with E-state index in [1.165, 1.54) is 11.3 Å². The zero-order valence-corrected chi connectivity index (χ0v) is 10.9. The Morgan fingerprint density at radius 2 is 2.28 bits per heavy atom. The summed E-state index contributed by atoms with van der Waals surface area (Å²) in [5.41, 5.74) is 6.56. The number of methoxy groups -OCH3 is 1. The summed E-state index contributed by atoms with van der Waals surface area (Å²) < 4.78 is 5.23. The molecule has 0 aliphatic heterocycles. The van der Waals surface area contributed by atoms with Crippen molar-refractivity contribution in [2.45, 2.75) is 12.0 Å². The van der Waals surface area contributed by atoms with Crippen molar-refractivity contribution in [1.82, 2.24) is 4.98 Å². The van der Waals surface area contributed by atoms with Crippen LogP contribution in [-0.4, -0.2) is 23.7 Å². The molecule has 0 aliphatic carbocycles. The normalized spacial score (nSPS) is 14.2. The highest BCUT2D eigenvalue weighted by Crippen LogP contribution is 2.37. The fourth-order valence-corrected chi connectivity index (χ4v) is 2.79. The third-order valence-electron chi connectivity index (χ3n) is 2.85. The van der Waals surface area contributed by atoms with Crippen LogP contribution >= 0.6 is 11.3 Å². The van der Waals surface area contributed by atoms with Gasteiger partial charge in [0.15, 0.2) is 0 Å². The summed E-state index contributed by atoms with van der Waals surface area (Å²) >= 11 is 1.46. The van der Waals surface area contributed by atoms with Gasteiger partial charge in [0.25, 0.3) is 0 Å². The molecule has 2 heterocycles. The van der Waals surface area contributed by atoms with E-state index in [9.17, 15) is 5.11 Å². The summed E-state index contributed by atoms with van der Waals surface area (Å²) in [5.74, 6) is 0.473. The summed E-state index contributed by atoms with van der Waals surface area (Å²) in [7, 11) is 1.59. The lowest BCUT2D eigenvalue weighted by atomic mass is 9.96. The zero-order chi connectivity index (χ0) is 13.0. The summed E-state index contributed by atoms with van der Waals surface area (Å²) in [6, 6.07) is 7.45. The van der Waals surface area contributed by atoms with Gasteiger partial charge in [-0.25, -0.2) is 0 Å². The molecule has 5 heteroatoms. The van der Waals surface area contributed by atoms with E-state index in [-0.39, 0.29) is 5.92 Å². The molecule has 0 saturated carbocycles. The molecule has 0 aromatic carbocycles. The fourth-order valence-electron chi connectivity index (χ4n) is 1.88. The minimum atomic E-state index is -0.695. The van der Waals surface area contributed by atoms with Gasteiger partial charge >= 0.3 is 0 Å². The number of rotatable bonds is 5. The Labute approximate surface area is 110 Å². The van der Waals surface area contributed by atoms with Crippen molar-refractivity contribution in [2.24, 2.45) is 5.73 Å². The number of ether oxygens (including phenoxy) is 1. The molecular formula is C13H16N2O2S. The molecule has 2 rings (SSSR count). The maximum Gasteiger partial charge on any atom is 0.135 e. The van der Waals surface area contributed by atoms with Crippen molar-refractivity contribution in [3.63, 3.8) is 0 Å². The fraction of sp³-hybridized carbons (Fsp3) is 0.308. The van der Waals surface area contributed by atoms with Crippen molar-refractivity contribution in [3.05, 3.63) is 46.4 Å². The van der Waals surface area contributed by atoms with Crippen LogP contribution in [0.4, 0.5) is 0 Å². The van der Waals surface area contributed by atoms with Crippen LogP contribution < -0.4 is 10.5 Å². The minimum absolute atomic E-state index is 0.223. The first-order valence-electron chi connectivity index (χ1n) is 5.68. The largest absolute Gasteiger partial charge is 0.495 e. The molecule has 2 atom stereocenters. The molecule has 0 aliphatic rings. The number of thiophene rings is 1. The molecule has 3 N–H and O–H groups in total. The monoisotopic (exact) mass is 264 g/mol. The molecule has 4 nitrogen and oxygen atoms in total. The van der Waals surface area contributed by atoms with Crippen LogP contribution in [0.2, 0.25) is 0 Å². The Kier molecular flexibility index (Phi) is 4.30. The van der Waals surface area contributed by atoms with Crippen LogP contribution in [0.25, 0.3) is 0 Å². The highest BCUT2D eigenvalue weighted by Gasteiger charge is 2.26. The predicted octanol–water partition coefficient (Wildman–Crippen LogP) is 1.93. The molecule has 2 aromatic rings. The van der Waals surface area contributed by atoms with Crippen LogP contribution in [-0.2, 0) is 0 Å². The van der Waals surface area contributed by atoms with E-state index in [0.717, 1.165) is 10.6 Å². The highest BCUT2D eigenvalue weighted by atomic mass is 32.1. The second kappa shape index (κ2) is 5.95. The Morgan fingerprint density at radius 3 is 2.89 bits per heavy atom. The number of aromatic nitrogens is 1. The SMILES string of the molecule is COc1ccsc1C(O)C(CN)c1ccccn1. The van der Waals surface area contributed by atoms with Gasteiger partial charge in [0.1, 0.15) is 11.9 Å². The molecule has 0 radical (unpaired) electrons. The van der Waals surface area contributed by atoms with E-state index in [1.807, 2.05) is 29.6 Å². The van der Waals surface area contributed by atoms with Crippen LogP contribution in [0.3, 0.4) is 0 Å². The van der Waals surface area contributed by atoms with Crippen molar-refractivity contribution in [3.8, 4) is 5.75 Å². The lowest BCUT2D eigenvalue weighted by molar-refractivity contribution is 0.146. The number of aliphatic hydroxyl groups excluding tert-OH is 1. The number of aliphatic hydroxyl groups is 1. The summed E-state index contributed by atoms with van der Waals surface area (Å²) in [4.78, 5) is 5.05. The zero-order valence-electron chi connectivity index (χ0n) is 10.1. The average Bonchev–Trinajstić information content (AvgIpc) is 2.89. The number of hydrogen-bond donors (Lipinski definition) is 2. The molecule has 0 spiro atoms. The van der Waals surface area contributed by atoms with Gasteiger partial charge in [0, 0.05) is 24.4 Å². The quantitative estimate of drug-likeness (QED) is 0.866. The topological polar surface area (TPSA) is 68.4 Å². The van der Waals surface area contributed by atoms with Crippen LogP contribution in [0.1, 0.15) is 22.6 Å². The number of nitrogens with two attached hydrogens (primary N) is 1. The van der Waals surface area contributed by atoms with E-state index in [1.54, 1.807) is 13.3 Å². The van der Waals surface area contributed by atoms with E-state index in [2.05, 4.69) is 4.98 Å². The molecule has 18 heavy (non-hydrogen) atoms. The molecular weight excluding hydrogens is 248 g/mol. The van der Waals surface area contributed by atoms with E-state index in [0.29, 0.717) is 12.3 Å². The second-order valence-corrected chi connectivity index (χ2v) is 4.84. The number of nitrogens with zero attached hydrogens (tertiary/aromatic N) is 1. The minimum Gasteiger partial charge on any atom is -0.495 e. The summed E-state index contributed by atoms with van der Waals surface area (Å²) in [6.07, 6.45) is 1.01. The van der Waals surface area contributed by atoms with Gasteiger partial charge in [-0.3, -0.25) is 4.98 Å². The molecule has 0 fully saturated rings. The van der Waals surface area contributed by atoms with Gasteiger partial charge in [0.05, 0.1) is 12.0 Å². The van der Waals surface area contributed by atoms with Gasteiger partial charge < -0.3 is 15.6 Å². The Morgan fingerprint density at radius 1 is 1.44 bits per heavy atom. The van der Waals surface area contributed by atoms with Gasteiger partial charge in [-0.15, -0.1) is 11.3 Å². The predicted molar refractivity (Wildman–Crippen MR) is 71.9 cm³/mol. The van der Waals surface area contributed by atoms with Crippen LogP contribution in [0, 0.1) is 0 Å². The first-order valence-corrected chi connectivity index (χ1v) is 6.56. The van der Waals surface area contributed by atoms with Crippen LogP contribution in [0.5, 0.6) is 5.75 Å². The molecule has 96 valence electrons. The second-order valence-electron chi connectivity index (χ2n) is 3.89. The van der Waals surface area contributed by atoms with Crippen molar-refractivity contribution >= 4 is 11.3 Å². The summed E-state index contributed by atoms with van der Waals surface area (Å²) in [6.45, 7) is 0.333. The van der Waals surface area contributed by atoms with Crippen molar-refractivity contribution < 1.29 is 9.84 Å². The highest BCUT2D eigenvalue weighted by molar-refractivity contribution is 7.10. The molecule has 0 saturated heterocycles. The molecule has 2 aromatic heterocycles. The van der Waals surface area contributed by atoms with E-state index < -0.39 is 6.10 Å².